The van der Waals surface area contributed by atoms with Gasteiger partial charge in [-0.2, -0.15) is 0 Å². The van der Waals surface area contributed by atoms with Crippen molar-refractivity contribution in [2.24, 2.45) is 4.99 Å². The van der Waals surface area contributed by atoms with Crippen molar-refractivity contribution in [2.75, 3.05) is 12.4 Å². The van der Waals surface area contributed by atoms with E-state index in [1.165, 1.54) is 22.9 Å². The highest BCUT2D eigenvalue weighted by molar-refractivity contribution is 8.15. The van der Waals surface area contributed by atoms with Gasteiger partial charge in [-0.25, -0.2) is 9.79 Å². The topological polar surface area (TPSA) is 58.9 Å². The molecule has 1 aliphatic carbocycles. The van der Waals surface area contributed by atoms with Gasteiger partial charge in [0.25, 0.3) is 0 Å². The summed E-state index contributed by atoms with van der Waals surface area (Å²) >= 11 is 1.35. The minimum atomic E-state index is -0.512. The molecule has 0 fully saturated rings. The number of carbonyl (C=O) groups is 1. The number of benzene rings is 1. The van der Waals surface area contributed by atoms with E-state index < -0.39 is 5.97 Å². The van der Waals surface area contributed by atoms with Crippen molar-refractivity contribution >= 4 is 34.5 Å². The summed E-state index contributed by atoms with van der Waals surface area (Å²) < 4.78 is 4.99. The predicted molar refractivity (Wildman–Crippen MR) is 89.6 cm³/mol. The van der Waals surface area contributed by atoms with Crippen molar-refractivity contribution < 1.29 is 14.6 Å². The number of rotatable bonds is 3. The van der Waals surface area contributed by atoms with Crippen LogP contribution in [-0.2, 0) is 16.0 Å². The summed E-state index contributed by atoms with van der Waals surface area (Å²) in [6, 6.07) is 6.03. The molecule has 22 heavy (non-hydrogen) atoms. The number of allylic oxidation sites excluding steroid dienone is 1. The molecule has 0 radical (unpaired) electrons. The van der Waals surface area contributed by atoms with Crippen molar-refractivity contribution in [1.29, 1.82) is 0 Å². The second-order valence-corrected chi connectivity index (χ2v) is 6.04. The second kappa shape index (κ2) is 6.40. The van der Waals surface area contributed by atoms with E-state index in [0.717, 1.165) is 18.5 Å². The molecule has 1 aliphatic heterocycles. The zero-order valence-electron chi connectivity index (χ0n) is 12.3. The number of carbonyl (C=O) groups excluding carboxylic acids is 1. The highest BCUT2D eigenvalue weighted by Crippen LogP contribution is 2.31. The first kappa shape index (κ1) is 14.9. The monoisotopic (exact) mass is 315 g/mol. The maximum Gasteiger partial charge on any atom is 0.344 e. The molecule has 0 aromatic heterocycles. The lowest BCUT2D eigenvalue weighted by Crippen LogP contribution is -2.12. The summed E-state index contributed by atoms with van der Waals surface area (Å²) in [7, 11) is 0. The lowest BCUT2D eigenvalue weighted by Gasteiger charge is -2.10. The van der Waals surface area contributed by atoms with Crippen LogP contribution in [0.4, 0.5) is 5.69 Å². The number of hydrogen-bond acceptors (Lipinski definition) is 5. The molecule has 0 atom stereocenters. The van der Waals surface area contributed by atoms with Gasteiger partial charge in [0.2, 0.25) is 0 Å². The summed E-state index contributed by atoms with van der Waals surface area (Å²) in [5.41, 5.74) is 3.46. The number of esters is 1. The van der Waals surface area contributed by atoms with Crippen LogP contribution in [0.15, 0.2) is 40.6 Å². The summed E-state index contributed by atoms with van der Waals surface area (Å²) in [6.45, 7) is 2.02. The number of aliphatic imine (C=N–C) groups is 1. The van der Waals surface area contributed by atoms with Crippen LogP contribution in [0.1, 0.15) is 24.5 Å². The third kappa shape index (κ3) is 2.95. The Morgan fingerprint density at radius 3 is 3.14 bits per heavy atom. The first-order valence-corrected chi connectivity index (χ1v) is 8.28. The normalized spacial score (nSPS) is 18.7. The van der Waals surface area contributed by atoms with E-state index in [-0.39, 0.29) is 17.9 Å². The minimum absolute atomic E-state index is 0.0417. The molecule has 4 nitrogen and oxygen atoms in total. The SMILES string of the molecule is CCOC(=O)C1=C(O)CSC1=Nc1ccc2c(c1)C=CCC2. The van der Waals surface area contributed by atoms with E-state index in [2.05, 4.69) is 23.2 Å². The van der Waals surface area contributed by atoms with Crippen LogP contribution in [0, 0.1) is 0 Å². The highest BCUT2D eigenvalue weighted by atomic mass is 32.2. The molecule has 1 heterocycles. The van der Waals surface area contributed by atoms with E-state index in [1.807, 2.05) is 12.1 Å². The molecule has 0 bridgehead atoms. The summed E-state index contributed by atoms with van der Waals surface area (Å²) in [4.78, 5) is 16.5. The molecule has 0 unspecified atom stereocenters. The first-order chi connectivity index (χ1) is 10.7. The standard InChI is InChI=1S/C17H17NO3S/c1-2-21-17(20)15-14(19)10-22-16(15)18-13-8-7-11-5-3-4-6-12(11)9-13/h4,6-9,19H,2-3,5,10H2,1H3. The number of ether oxygens (including phenoxy) is 1. The Kier molecular flexibility index (Phi) is 4.34. The van der Waals surface area contributed by atoms with Gasteiger partial charge < -0.3 is 9.84 Å². The zero-order chi connectivity index (χ0) is 15.5. The van der Waals surface area contributed by atoms with Crippen LogP contribution in [-0.4, -0.2) is 28.5 Å². The van der Waals surface area contributed by atoms with E-state index in [1.54, 1.807) is 6.92 Å². The second-order valence-electron chi connectivity index (χ2n) is 5.07. The fourth-order valence-corrected chi connectivity index (χ4v) is 3.44. The largest absolute Gasteiger partial charge is 0.510 e. The van der Waals surface area contributed by atoms with Crippen molar-refractivity contribution in [3.63, 3.8) is 0 Å². The zero-order valence-corrected chi connectivity index (χ0v) is 13.2. The average Bonchev–Trinajstić information content (AvgIpc) is 2.88. The van der Waals surface area contributed by atoms with Gasteiger partial charge in [-0.05, 0) is 43.0 Å². The highest BCUT2D eigenvalue weighted by Gasteiger charge is 2.29. The number of aryl methyl sites for hydroxylation is 1. The summed E-state index contributed by atoms with van der Waals surface area (Å²) in [5, 5.41) is 10.4. The summed E-state index contributed by atoms with van der Waals surface area (Å²) in [6.07, 6.45) is 6.37. The number of fused-ring (bicyclic) bond motifs is 1. The molecule has 0 saturated heterocycles. The number of aliphatic hydroxyl groups is 1. The maximum atomic E-state index is 11.9. The van der Waals surface area contributed by atoms with E-state index in [4.69, 9.17) is 4.74 Å². The summed E-state index contributed by atoms with van der Waals surface area (Å²) in [5.74, 6) is -0.112. The Morgan fingerprint density at radius 1 is 1.45 bits per heavy atom. The predicted octanol–water partition coefficient (Wildman–Crippen LogP) is 3.80. The van der Waals surface area contributed by atoms with E-state index >= 15 is 0 Å². The number of aliphatic hydroxyl groups excluding tert-OH is 1. The molecule has 0 saturated carbocycles. The molecule has 2 aliphatic rings. The Bertz CT molecular complexity index is 704. The molecule has 1 N–H and O–H groups in total. The number of thioether (sulfide) groups is 1. The molecule has 1 aromatic carbocycles. The Hall–Kier alpha value is -2.01. The van der Waals surface area contributed by atoms with Crippen molar-refractivity contribution in [2.45, 2.75) is 19.8 Å². The van der Waals surface area contributed by atoms with Gasteiger partial charge in [0.15, 0.2) is 0 Å². The lowest BCUT2D eigenvalue weighted by molar-refractivity contribution is -0.138. The van der Waals surface area contributed by atoms with Crippen LogP contribution < -0.4 is 0 Å². The molecule has 3 rings (SSSR count). The number of nitrogens with zero attached hydrogens (tertiary/aromatic N) is 1. The Morgan fingerprint density at radius 2 is 2.32 bits per heavy atom. The van der Waals surface area contributed by atoms with Gasteiger partial charge in [-0.3, -0.25) is 0 Å². The van der Waals surface area contributed by atoms with Gasteiger partial charge in [0.05, 0.1) is 18.0 Å². The third-order valence-corrected chi connectivity index (χ3v) is 4.55. The van der Waals surface area contributed by atoms with Gasteiger partial charge in [0, 0.05) is 0 Å². The smallest absolute Gasteiger partial charge is 0.344 e. The van der Waals surface area contributed by atoms with Crippen LogP contribution in [0.25, 0.3) is 6.08 Å². The van der Waals surface area contributed by atoms with Gasteiger partial charge in [-0.1, -0.05) is 30.0 Å². The molecule has 0 spiro atoms. The Labute approximate surface area is 133 Å². The van der Waals surface area contributed by atoms with E-state index in [9.17, 15) is 9.90 Å². The van der Waals surface area contributed by atoms with Gasteiger partial charge in [0.1, 0.15) is 16.4 Å². The van der Waals surface area contributed by atoms with Crippen molar-refractivity contribution in [3.8, 4) is 0 Å². The van der Waals surface area contributed by atoms with Crippen LogP contribution >= 0.6 is 11.8 Å². The number of hydrogen-bond donors (Lipinski definition) is 1. The minimum Gasteiger partial charge on any atom is -0.510 e. The first-order valence-electron chi connectivity index (χ1n) is 7.29. The fraction of sp³-hybridized carbons (Fsp3) is 0.294. The lowest BCUT2D eigenvalue weighted by atomic mass is 9.97. The maximum absolute atomic E-state index is 11.9. The molecule has 5 heteroatoms. The molecular formula is C17H17NO3S. The van der Waals surface area contributed by atoms with Crippen molar-refractivity contribution in [3.05, 3.63) is 46.7 Å². The molecule has 114 valence electrons. The van der Waals surface area contributed by atoms with Gasteiger partial charge >= 0.3 is 5.97 Å². The average molecular weight is 315 g/mol. The molecular weight excluding hydrogens is 298 g/mol. The van der Waals surface area contributed by atoms with Crippen LogP contribution in [0.3, 0.4) is 0 Å². The fourth-order valence-electron chi connectivity index (χ4n) is 2.50. The molecule has 1 aromatic rings. The van der Waals surface area contributed by atoms with Crippen molar-refractivity contribution in [1.82, 2.24) is 0 Å². The van der Waals surface area contributed by atoms with Crippen LogP contribution in [0.2, 0.25) is 0 Å². The third-order valence-electron chi connectivity index (χ3n) is 3.57. The van der Waals surface area contributed by atoms with Gasteiger partial charge in [-0.15, -0.1) is 0 Å². The molecule has 0 amide bonds. The van der Waals surface area contributed by atoms with E-state index in [0.29, 0.717) is 10.8 Å². The van der Waals surface area contributed by atoms with Crippen LogP contribution in [0.5, 0.6) is 0 Å². The quantitative estimate of drug-likeness (QED) is 0.862. The Balaban J connectivity index is 1.92.